The number of methoxy groups -OCH3 is 1. The van der Waals surface area contributed by atoms with Crippen molar-refractivity contribution in [1.29, 1.82) is 0 Å². The molecule has 0 bridgehead atoms. The number of fused-ring (bicyclic) bond motifs is 1. The van der Waals surface area contributed by atoms with E-state index in [1.807, 2.05) is 54.7 Å². The number of anilines is 1. The molecule has 1 aliphatic heterocycles. The second-order valence-corrected chi connectivity index (χ2v) is 9.16. The molecule has 176 valence electrons. The first-order chi connectivity index (χ1) is 17.1. The Morgan fingerprint density at radius 3 is 2.46 bits per heavy atom. The minimum atomic E-state index is -0.385. The third kappa shape index (κ3) is 4.52. The first-order valence-electron chi connectivity index (χ1n) is 10.9. The van der Waals surface area contributed by atoms with Crippen LogP contribution < -0.4 is 14.4 Å². The van der Waals surface area contributed by atoms with Gasteiger partial charge in [-0.25, -0.2) is 4.90 Å². The lowest BCUT2D eigenvalue weighted by atomic mass is 10.1. The lowest BCUT2D eigenvalue weighted by molar-refractivity contribution is -0.113. The molecule has 4 aromatic rings. The number of rotatable bonds is 7. The highest BCUT2D eigenvalue weighted by molar-refractivity contribution is 8.19. The molecule has 1 fully saturated rings. The molecular formula is C27H21ClN2O4S. The Labute approximate surface area is 211 Å². The zero-order valence-electron chi connectivity index (χ0n) is 18.8. The zero-order valence-corrected chi connectivity index (χ0v) is 20.4. The smallest absolute Gasteiger partial charge is 0.298 e. The number of imide groups is 1. The summed E-state index contributed by atoms with van der Waals surface area (Å²) in [5.41, 5.74) is 2.24. The average Bonchev–Trinajstić information content (AvgIpc) is 3.36. The number of hydrogen-bond donors (Lipinski definition) is 0. The molecule has 0 atom stereocenters. The molecule has 0 aliphatic carbocycles. The number of ether oxygens (including phenoxy) is 2. The maximum atomic E-state index is 13.1. The van der Waals surface area contributed by atoms with Gasteiger partial charge in [-0.05, 0) is 48.2 Å². The van der Waals surface area contributed by atoms with Crippen LogP contribution in [0, 0.1) is 0 Å². The van der Waals surface area contributed by atoms with E-state index >= 15 is 0 Å². The normalized spacial score (nSPS) is 14.8. The summed E-state index contributed by atoms with van der Waals surface area (Å²) in [5.74, 6) is 0.976. The van der Waals surface area contributed by atoms with Crippen molar-refractivity contribution in [2.45, 2.75) is 6.54 Å². The number of benzene rings is 3. The van der Waals surface area contributed by atoms with Crippen LogP contribution in [0.5, 0.6) is 11.5 Å². The standard InChI is InChI=1S/C27H21ClN2O4S/c1-33-23-12-6-7-13-24(23)34-15-14-29-17-18(19-8-2-4-10-21(19)29)16-25-26(31)30(27(32)35-25)22-11-5-3-9-20(22)28/h2-13,16-17H,14-15H2,1H3/b25-16-. The Kier molecular flexibility index (Phi) is 6.53. The van der Waals surface area contributed by atoms with Gasteiger partial charge in [0.05, 0.1) is 29.3 Å². The molecule has 2 amide bonds. The summed E-state index contributed by atoms with van der Waals surface area (Å²) in [6.07, 6.45) is 3.74. The van der Waals surface area contributed by atoms with Crippen molar-refractivity contribution in [3.05, 3.63) is 94.5 Å². The SMILES string of the molecule is COc1ccccc1OCCn1cc(/C=C2\SC(=O)N(c3ccccc3Cl)C2=O)c2ccccc21. The fourth-order valence-electron chi connectivity index (χ4n) is 4.02. The van der Waals surface area contributed by atoms with Crippen LogP contribution >= 0.6 is 23.4 Å². The average molecular weight is 505 g/mol. The highest BCUT2D eigenvalue weighted by atomic mass is 35.5. The molecule has 3 aromatic carbocycles. The summed E-state index contributed by atoms with van der Waals surface area (Å²) in [4.78, 5) is 27.3. The number of hydrogen-bond acceptors (Lipinski definition) is 5. The van der Waals surface area contributed by atoms with Gasteiger partial charge in [0, 0.05) is 22.7 Å². The van der Waals surface area contributed by atoms with Gasteiger partial charge in [-0.15, -0.1) is 0 Å². The van der Waals surface area contributed by atoms with Crippen LogP contribution in [0.25, 0.3) is 17.0 Å². The zero-order chi connectivity index (χ0) is 24.4. The summed E-state index contributed by atoms with van der Waals surface area (Å²) in [5, 5.41) is 0.959. The van der Waals surface area contributed by atoms with Gasteiger partial charge in [0.1, 0.15) is 6.61 Å². The Balaban J connectivity index is 1.41. The van der Waals surface area contributed by atoms with Crippen molar-refractivity contribution in [2.75, 3.05) is 18.6 Å². The van der Waals surface area contributed by atoms with Gasteiger partial charge in [0.25, 0.3) is 11.1 Å². The predicted molar refractivity (Wildman–Crippen MR) is 140 cm³/mol. The number of amides is 2. The van der Waals surface area contributed by atoms with Gasteiger partial charge in [0.2, 0.25) is 0 Å². The van der Waals surface area contributed by atoms with Crippen LogP contribution in [0.3, 0.4) is 0 Å². The number of carbonyl (C=O) groups is 2. The van der Waals surface area contributed by atoms with Gasteiger partial charge >= 0.3 is 0 Å². The topological polar surface area (TPSA) is 60.8 Å². The highest BCUT2D eigenvalue weighted by Crippen LogP contribution is 2.39. The summed E-state index contributed by atoms with van der Waals surface area (Å²) < 4.78 is 13.4. The first kappa shape index (κ1) is 23.1. The minimum absolute atomic E-state index is 0.350. The van der Waals surface area contributed by atoms with Crippen molar-refractivity contribution >= 4 is 57.2 Å². The van der Waals surface area contributed by atoms with E-state index in [1.54, 1.807) is 37.5 Å². The summed E-state index contributed by atoms with van der Waals surface area (Å²) in [6, 6.07) is 22.3. The van der Waals surface area contributed by atoms with Gasteiger partial charge in [-0.3, -0.25) is 9.59 Å². The Bertz CT molecular complexity index is 1460. The first-order valence-corrected chi connectivity index (χ1v) is 12.1. The van der Waals surface area contributed by atoms with Crippen LogP contribution in [0.4, 0.5) is 10.5 Å². The van der Waals surface area contributed by atoms with Gasteiger partial charge in [-0.1, -0.05) is 54.1 Å². The molecule has 0 unspecified atom stereocenters. The van der Waals surface area contributed by atoms with E-state index < -0.39 is 0 Å². The van der Waals surface area contributed by atoms with Crippen molar-refractivity contribution in [1.82, 2.24) is 4.57 Å². The maximum Gasteiger partial charge on any atom is 0.298 e. The van der Waals surface area contributed by atoms with E-state index in [-0.39, 0.29) is 11.1 Å². The molecule has 0 saturated carbocycles. The van der Waals surface area contributed by atoms with Crippen LogP contribution in [0.15, 0.2) is 83.9 Å². The lowest BCUT2D eigenvalue weighted by Crippen LogP contribution is -2.27. The Morgan fingerprint density at radius 1 is 0.943 bits per heavy atom. The molecule has 35 heavy (non-hydrogen) atoms. The van der Waals surface area contributed by atoms with Gasteiger partial charge < -0.3 is 14.0 Å². The third-order valence-corrected chi connectivity index (χ3v) is 6.84. The molecule has 8 heteroatoms. The van der Waals surface area contributed by atoms with E-state index in [4.69, 9.17) is 21.1 Å². The molecule has 1 saturated heterocycles. The molecule has 6 nitrogen and oxygen atoms in total. The van der Waals surface area contributed by atoms with Crippen molar-refractivity contribution < 1.29 is 19.1 Å². The maximum absolute atomic E-state index is 13.1. The van der Waals surface area contributed by atoms with Gasteiger partial charge in [-0.2, -0.15) is 0 Å². The quantitative estimate of drug-likeness (QED) is 0.264. The van der Waals surface area contributed by atoms with E-state index in [0.717, 1.165) is 33.1 Å². The van der Waals surface area contributed by atoms with E-state index in [2.05, 4.69) is 4.57 Å². The van der Waals surface area contributed by atoms with Crippen LogP contribution in [-0.4, -0.2) is 29.4 Å². The summed E-state index contributed by atoms with van der Waals surface area (Å²) in [6.45, 7) is 1.02. The number of carbonyl (C=O) groups excluding carboxylic acids is 2. The number of thioether (sulfide) groups is 1. The molecule has 5 rings (SSSR count). The highest BCUT2D eigenvalue weighted by Gasteiger charge is 2.37. The molecule has 0 radical (unpaired) electrons. The monoisotopic (exact) mass is 504 g/mol. The van der Waals surface area contributed by atoms with Crippen LogP contribution in [-0.2, 0) is 11.3 Å². The number of halogens is 1. The van der Waals surface area contributed by atoms with Crippen LogP contribution in [0.2, 0.25) is 5.02 Å². The van der Waals surface area contributed by atoms with E-state index in [9.17, 15) is 9.59 Å². The van der Waals surface area contributed by atoms with Crippen molar-refractivity contribution in [2.24, 2.45) is 0 Å². The minimum Gasteiger partial charge on any atom is -0.493 e. The Hall–Kier alpha value is -3.68. The second-order valence-electron chi connectivity index (χ2n) is 7.76. The lowest BCUT2D eigenvalue weighted by Gasteiger charge is -2.13. The fourth-order valence-corrected chi connectivity index (χ4v) is 5.06. The number of nitrogens with zero attached hydrogens (tertiary/aromatic N) is 2. The summed E-state index contributed by atoms with van der Waals surface area (Å²) >= 11 is 7.15. The third-order valence-electron chi connectivity index (χ3n) is 5.65. The Morgan fingerprint density at radius 2 is 1.66 bits per heavy atom. The fraction of sp³-hybridized carbons (Fsp3) is 0.111. The molecule has 2 heterocycles. The summed E-state index contributed by atoms with van der Waals surface area (Å²) in [7, 11) is 1.61. The predicted octanol–water partition coefficient (Wildman–Crippen LogP) is 6.62. The number of para-hydroxylation sites is 4. The molecule has 1 aromatic heterocycles. The van der Waals surface area contributed by atoms with Crippen molar-refractivity contribution in [3.63, 3.8) is 0 Å². The molecule has 0 spiro atoms. The van der Waals surface area contributed by atoms with E-state index in [1.165, 1.54) is 0 Å². The van der Waals surface area contributed by atoms with Crippen LogP contribution in [0.1, 0.15) is 5.56 Å². The largest absolute Gasteiger partial charge is 0.493 e. The number of aromatic nitrogens is 1. The molecule has 1 aliphatic rings. The van der Waals surface area contributed by atoms with E-state index in [0.29, 0.717) is 40.3 Å². The molecular weight excluding hydrogens is 484 g/mol. The molecule has 0 N–H and O–H groups in total. The second kappa shape index (κ2) is 9.90. The van der Waals surface area contributed by atoms with Crippen molar-refractivity contribution in [3.8, 4) is 11.5 Å². The van der Waals surface area contributed by atoms with Gasteiger partial charge in [0.15, 0.2) is 11.5 Å².